The van der Waals surface area contributed by atoms with E-state index in [1.165, 1.54) is 0 Å². The van der Waals surface area contributed by atoms with Gasteiger partial charge in [-0.1, -0.05) is 12.2 Å². The lowest BCUT2D eigenvalue weighted by atomic mass is 10.1. The summed E-state index contributed by atoms with van der Waals surface area (Å²) in [4.78, 5) is 13.7. The topological polar surface area (TPSA) is 53.5 Å². The van der Waals surface area contributed by atoms with Crippen LogP contribution in [0.15, 0.2) is 36.3 Å². The lowest BCUT2D eigenvalue weighted by Crippen LogP contribution is -2.38. The van der Waals surface area contributed by atoms with E-state index in [4.69, 9.17) is 9.72 Å². The third-order valence-corrected chi connectivity index (χ3v) is 4.58. The highest BCUT2D eigenvalue weighted by atomic mass is 16.5. The van der Waals surface area contributed by atoms with Gasteiger partial charge in [0.15, 0.2) is 0 Å². The van der Waals surface area contributed by atoms with Gasteiger partial charge in [0.1, 0.15) is 11.6 Å². The highest BCUT2D eigenvalue weighted by Gasteiger charge is 2.21. The lowest BCUT2D eigenvalue weighted by Gasteiger charge is -2.33. The van der Waals surface area contributed by atoms with Crippen LogP contribution < -0.4 is 10.2 Å². The standard InChI is InChI=1S/C18H27N5O/c1-14(2)23-11-5-4-6-17(23)20-16-7-10-19-18(21-16)22-12-8-15(24-3)9-13-22/h4-7,10,14-15H,8-9,11-13H2,1-3H3,(H,19,20,21). The van der Waals surface area contributed by atoms with Gasteiger partial charge in [-0.05, 0) is 38.8 Å². The smallest absolute Gasteiger partial charge is 0.227 e. The molecule has 2 aliphatic rings. The van der Waals surface area contributed by atoms with Gasteiger partial charge in [-0.3, -0.25) is 0 Å². The predicted molar refractivity (Wildman–Crippen MR) is 97.0 cm³/mol. The Morgan fingerprint density at radius 3 is 2.79 bits per heavy atom. The Morgan fingerprint density at radius 1 is 1.29 bits per heavy atom. The van der Waals surface area contributed by atoms with Crippen LogP contribution in [0.2, 0.25) is 0 Å². The molecule has 3 rings (SSSR count). The minimum absolute atomic E-state index is 0.362. The predicted octanol–water partition coefficient (Wildman–Crippen LogP) is 2.63. The molecule has 1 saturated heterocycles. The third kappa shape index (κ3) is 3.87. The first-order valence-corrected chi connectivity index (χ1v) is 8.68. The molecule has 0 bridgehead atoms. The lowest BCUT2D eigenvalue weighted by molar-refractivity contribution is 0.0816. The van der Waals surface area contributed by atoms with E-state index in [9.17, 15) is 0 Å². The molecule has 0 aromatic carbocycles. The van der Waals surface area contributed by atoms with Crippen molar-refractivity contribution >= 4 is 11.8 Å². The largest absolute Gasteiger partial charge is 0.381 e. The van der Waals surface area contributed by atoms with E-state index in [-0.39, 0.29) is 0 Å². The Kier molecular flexibility index (Phi) is 5.35. The van der Waals surface area contributed by atoms with Gasteiger partial charge in [-0.2, -0.15) is 4.98 Å². The third-order valence-electron chi connectivity index (χ3n) is 4.58. The first kappa shape index (κ1) is 16.8. The monoisotopic (exact) mass is 329 g/mol. The van der Waals surface area contributed by atoms with E-state index in [2.05, 4.69) is 52.2 Å². The maximum atomic E-state index is 5.43. The average Bonchev–Trinajstić information content (AvgIpc) is 2.62. The van der Waals surface area contributed by atoms with Crippen molar-refractivity contribution in [1.29, 1.82) is 0 Å². The number of rotatable bonds is 5. The molecule has 0 atom stereocenters. The minimum Gasteiger partial charge on any atom is -0.381 e. The molecule has 130 valence electrons. The molecule has 0 radical (unpaired) electrons. The Balaban J connectivity index is 1.69. The van der Waals surface area contributed by atoms with Crippen molar-refractivity contribution in [2.45, 2.75) is 38.8 Å². The van der Waals surface area contributed by atoms with Gasteiger partial charge in [-0.25, -0.2) is 4.98 Å². The minimum atomic E-state index is 0.362. The number of allylic oxidation sites excluding steroid dienone is 2. The molecular weight excluding hydrogens is 302 g/mol. The fourth-order valence-corrected chi connectivity index (χ4v) is 3.12. The molecule has 0 aliphatic carbocycles. The summed E-state index contributed by atoms with van der Waals surface area (Å²) in [6.45, 7) is 7.18. The summed E-state index contributed by atoms with van der Waals surface area (Å²) >= 11 is 0. The van der Waals surface area contributed by atoms with Crippen LogP contribution >= 0.6 is 0 Å². The molecule has 2 aliphatic heterocycles. The van der Waals surface area contributed by atoms with Crippen LogP contribution in [0.25, 0.3) is 0 Å². The SMILES string of the molecule is COC1CCN(c2nccc(NC3=CC=CCN3C(C)C)n2)CC1. The Labute approximate surface area is 144 Å². The Bertz CT molecular complexity index is 605. The number of methoxy groups -OCH3 is 1. The average molecular weight is 329 g/mol. The number of ether oxygens (including phenoxy) is 1. The van der Waals surface area contributed by atoms with Gasteiger partial charge in [0.05, 0.1) is 6.10 Å². The number of piperidine rings is 1. The second-order valence-electron chi connectivity index (χ2n) is 6.52. The summed E-state index contributed by atoms with van der Waals surface area (Å²) in [7, 11) is 1.79. The molecule has 24 heavy (non-hydrogen) atoms. The summed E-state index contributed by atoms with van der Waals surface area (Å²) in [5.74, 6) is 2.70. The molecule has 0 amide bonds. The van der Waals surface area contributed by atoms with Crippen molar-refractivity contribution < 1.29 is 4.74 Å². The Hall–Kier alpha value is -2.08. The highest BCUT2D eigenvalue weighted by Crippen LogP contribution is 2.21. The summed E-state index contributed by atoms with van der Waals surface area (Å²) in [5.41, 5.74) is 0. The van der Waals surface area contributed by atoms with E-state index in [0.717, 1.165) is 50.1 Å². The van der Waals surface area contributed by atoms with E-state index < -0.39 is 0 Å². The van der Waals surface area contributed by atoms with Crippen molar-refractivity contribution in [2.24, 2.45) is 0 Å². The molecule has 0 unspecified atom stereocenters. The van der Waals surface area contributed by atoms with Crippen LogP contribution in [0.5, 0.6) is 0 Å². The summed E-state index contributed by atoms with van der Waals surface area (Å²) < 4.78 is 5.43. The number of anilines is 2. The molecule has 1 aromatic rings. The van der Waals surface area contributed by atoms with Crippen molar-refractivity contribution in [1.82, 2.24) is 14.9 Å². The van der Waals surface area contributed by atoms with Gasteiger partial charge in [-0.15, -0.1) is 0 Å². The number of hydrogen-bond acceptors (Lipinski definition) is 6. The van der Waals surface area contributed by atoms with Gasteiger partial charge >= 0.3 is 0 Å². The normalized spacial score (nSPS) is 18.9. The van der Waals surface area contributed by atoms with E-state index in [1.54, 1.807) is 7.11 Å². The summed E-state index contributed by atoms with van der Waals surface area (Å²) in [6, 6.07) is 2.35. The second-order valence-corrected chi connectivity index (χ2v) is 6.52. The molecular formula is C18H27N5O. The first-order valence-electron chi connectivity index (χ1n) is 8.68. The van der Waals surface area contributed by atoms with Gasteiger partial charge in [0.2, 0.25) is 5.95 Å². The quantitative estimate of drug-likeness (QED) is 0.896. The van der Waals surface area contributed by atoms with Gasteiger partial charge in [0.25, 0.3) is 0 Å². The maximum Gasteiger partial charge on any atom is 0.227 e. The Morgan fingerprint density at radius 2 is 2.08 bits per heavy atom. The zero-order valence-corrected chi connectivity index (χ0v) is 14.8. The molecule has 3 heterocycles. The second kappa shape index (κ2) is 7.66. The number of aromatic nitrogens is 2. The van der Waals surface area contributed by atoms with Crippen LogP contribution in [-0.2, 0) is 4.74 Å². The van der Waals surface area contributed by atoms with E-state index >= 15 is 0 Å². The molecule has 1 fully saturated rings. The van der Waals surface area contributed by atoms with Gasteiger partial charge < -0.3 is 19.9 Å². The zero-order valence-electron chi connectivity index (χ0n) is 14.8. The molecule has 0 saturated carbocycles. The number of nitrogens with zero attached hydrogens (tertiary/aromatic N) is 4. The van der Waals surface area contributed by atoms with Gasteiger partial charge in [0, 0.05) is 39.0 Å². The van der Waals surface area contributed by atoms with Crippen molar-refractivity contribution in [3.8, 4) is 0 Å². The fourth-order valence-electron chi connectivity index (χ4n) is 3.12. The fraction of sp³-hybridized carbons (Fsp3) is 0.556. The van der Waals surface area contributed by atoms with Crippen molar-refractivity contribution in [3.05, 3.63) is 36.3 Å². The molecule has 1 aromatic heterocycles. The highest BCUT2D eigenvalue weighted by molar-refractivity contribution is 5.46. The first-order chi connectivity index (χ1) is 11.7. The molecule has 1 N–H and O–H groups in total. The number of hydrogen-bond donors (Lipinski definition) is 1. The van der Waals surface area contributed by atoms with Crippen molar-refractivity contribution in [3.63, 3.8) is 0 Å². The molecule has 0 spiro atoms. The van der Waals surface area contributed by atoms with Crippen LogP contribution in [0.4, 0.5) is 11.8 Å². The van der Waals surface area contributed by atoms with Crippen LogP contribution in [0.3, 0.4) is 0 Å². The van der Waals surface area contributed by atoms with Crippen LogP contribution in [0.1, 0.15) is 26.7 Å². The van der Waals surface area contributed by atoms with E-state index in [0.29, 0.717) is 12.1 Å². The summed E-state index contributed by atoms with van der Waals surface area (Å²) in [6.07, 6.45) is 10.6. The van der Waals surface area contributed by atoms with Crippen molar-refractivity contribution in [2.75, 3.05) is 37.0 Å². The number of nitrogens with one attached hydrogen (secondary N) is 1. The van der Waals surface area contributed by atoms with Crippen LogP contribution in [0, 0.1) is 0 Å². The van der Waals surface area contributed by atoms with E-state index in [1.807, 2.05) is 12.3 Å². The maximum absolute atomic E-state index is 5.43. The van der Waals surface area contributed by atoms with Crippen LogP contribution in [-0.4, -0.2) is 53.8 Å². The molecule has 6 nitrogen and oxygen atoms in total. The zero-order chi connectivity index (χ0) is 16.9. The summed E-state index contributed by atoms with van der Waals surface area (Å²) in [5, 5.41) is 3.45. The molecule has 6 heteroatoms.